The molecular formula is C47H36N6. The zero-order chi connectivity index (χ0) is 35.3. The lowest BCUT2D eigenvalue weighted by molar-refractivity contribution is 0.663. The Labute approximate surface area is 307 Å². The number of allylic oxidation sites excluding steroid dienone is 4. The summed E-state index contributed by atoms with van der Waals surface area (Å²) < 4.78 is 4.68. The van der Waals surface area contributed by atoms with Crippen molar-refractivity contribution in [1.82, 2.24) is 29.1 Å². The molecular weight excluding hydrogens is 649 g/mol. The van der Waals surface area contributed by atoms with Gasteiger partial charge in [0.05, 0.1) is 45.8 Å². The lowest BCUT2D eigenvalue weighted by Crippen LogP contribution is -2.11. The Kier molecular flexibility index (Phi) is 7.53. The number of hydrogen-bond acceptors (Lipinski definition) is 4. The van der Waals surface area contributed by atoms with Gasteiger partial charge in [-0.25, -0.2) is 0 Å². The van der Waals surface area contributed by atoms with E-state index in [2.05, 4.69) is 147 Å². The summed E-state index contributed by atoms with van der Waals surface area (Å²) in [5.74, 6) is 0.416. The second kappa shape index (κ2) is 12.8. The van der Waals surface area contributed by atoms with Gasteiger partial charge in [0.15, 0.2) is 0 Å². The van der Waals surface area contributed by atoms with E-state index in [9.17, 15) is 0 Å². The van der Waals surface area contributed by atoms with Crippen molar-refractivity contribution in [3.63, 3.8) is 0 Å². The average Bonchev–Trinajstić information content (AvgIpc) is 3.73. The number of benzene rings is 3. The van der Waals surface area contributed by atoms with Crippen LogP contribution in [0.5, 0.6) is 0 Å². The number of pyridine rings is 4. The van der Waals surface area contributed by atoms with Gasteiger partial charge in [-0.2, -0.15) is 0 Å². The monoisotopic (exact) mass is 684 g/mol. The van der Waals surface area contributed by atoms with Crippen molar-refractivity contribution in [2.45, 2.75) is 26.2 Å². The van der Waals surface area contributed by atoms with Crippen molar-refractivity contribution in [2.75, 3.05) is 0 Å². The van der Waals surface area contributed by atoms with Crippen LogP contribution in [0.2, 0.25) is 0 Å². The van der Waals surface area contributed by atoms with Crippen LogP contribution in [-0.2, 0) is 12.8 Å². The van der Waals surface area contributed by atoms with Gasteiger partial charge in [0.25, 0.3) is 0 Å². The first-order valence-electron chi connectivity index (χ1n) is 18.2. The molecule has 10 rings (SSSR count). The molecule has 0 amide bonds. The quantitative estimate of drug-likeness (QED) is 0.168. The predicted molar refractivity (Wildman–Crippen MR) is 216 cm³/mol. The molecule has 0 saturated heterocycles. The Bertz CT molecular complexity index is 2750. The fraction of sp³-hybridized carbons (Fsp3) is 0.106. The lowest BCUT2D eigenvalue weighted by Gasteiger charge is -2.23. The van der Waals surface area contributed by atoms with Gasteiger partial charge >= 0.3 is 0 Å². The minimum absolute atomic E-state index is 0.416. The number of fused-ring (bicyclic) bond motifs is 6. The maximum Gasteiger partial charge on any atom is 0.0886 e. The van der Waals surface area contributed by atoms with E-state index in [0.29, 0.717) is 5.92 Å². The number of para-hydroxylation sites is 2. The minimum Gasteiger partial charge on any atom is -0.311 e. The minimum atomic E-state index is 0.416. The van der Waals surface area contributed by atoms with Crippen molar-refractivity contribution < 1.29 is 0 Å². The largest absolute Gasteiger partial charge is 0.311 e. The summed E-state index contributed by atoms with van der Waals surface area (Å²) >= 11 is 0. The van der Waals surface area contributed by atoms with E-state index >= 15 is 0 Å². The SMILES string of the molecule is CC1CC(n2c3ccccc3c3ccncc32)=CC=C1Cc1ccc(-c2ccc(Cc3ccc(-n4c5ccccc5c5ccncc54)cc3)cn2)nc1. The fourth-order valence-electron chi connectivity index (χ4n) is 8.10. The predicted octanol–water partition coefficient (Wildman–Crippen LogP) is 10.8. The third-order valence-electron chi connectivity index (χ3n) is 10.8. The summed E-state index contributed by atoms with van der Waals surface area (Å²) in [6.07, 6.45) is 18.9. The molecule has 53 heavy (non-hydrogen) atoms. The van der Waals surface area contributed by atoms with Gasteiger partial charge in [-0.05, 0) is 96.5 Å². The van der Waals surface area contributed by atoms with E-state index in [4.69, 9.17) is 9.97 Å². The lowest BCUT2D eigenvalue weighted by atomic mass is 9.87. The molecule has 0 radical (unpaired) electrons. The van der Waals surface area contributed by atoms with E-state index in [0.717, 1.165) is 47.4 Å². The van der Waals surface area contributed by atoms with E-state index in [1.165, 1.54) is 60.5 Å². The Morgan fingerprint density at radius 2 is 1.06 bits per heavy atom. The highest BCUT2D eigenvalue weighted by atomic mass is 15.0. The maximum atomic E-state index is 4.83. The second-order valence-corrected chi connectivity index (χ2v) is 14.1. The molecule has 254 valence electrons. The van der Waals surface area contributed by atoms with E-state index in [1.807, 2.05) is 37.2 Å². The molecule has 0 saturated carbocycles. The second-order valence-electron chi connectivity index (χ2n) is 14.1. The molecule has 0 bridgehead atoms. The Balaban J connectivity index is 0.829. The Hall–Kier alpha value is -6.66. The summed E-state index contributed by atoms with van der Waals surface area (Å²) in [6.45, 7) is 2.33. The summed E-state index contributed by atoms with van der Waals surface area (Å²) in [6, 6.07) is 38.7. The molecule has 6 heterocycles. The zero-order valence-corrected chi connectivity index (χ0v) is 29.4. The zero-order valence-electron chi connectivity index (χ0n) is 29.4. The standard InChI is InChI=1S/C47H36N6/c1-31-24-37(53-45-9-5-3-7-39(45)41-21-23-49-30-47(41)53)17-14-35(31)26-34-13-19-43(51-28-34)42-18-12-33(27-50-42)25-32-10-15-36(16-11-32)52-44-8-4-2-6-38(44)40-20-22-48-29-46(40)52/h2-23,27-31H,24-26H2,1H3. The van der Waals surface area contributed by atoms with E-state index in [-0.39, 0.29) is 0 Å². The number of hydrogen-bond donors (Lipinski definition) is 0. The van der Waals surface area contributed by atoms with Crippen LogP contribution < -0.4 is 0 Å². The van der Waals surface area contributed by atoms with Crippen molar-refractivity contribution in [3.05, 3.63) is 181 Å². The topological polar surface area (TPSA) is 61.4 Å². The molecule has 1 unspecified atom stereocenters. The maximum absolute atomic E-state index is 4.83. The van der Waals surface area contributed by atoms with Gasteiger partial charge in [-0.15, -0.1) is 0 Å². The van der Waals surface area contributed by atoms with Crippen LogP contribution >= 0.6 is 0 Å². The summed E-state index contributed by atoms with van der Waals surface area (Å²) in [4.78, 5) is 18.5. The van der Waals surface area contributed by atoms with E-state index in [1.54, 1.807) is 0 Å². The fourth-order valence-corrected chi connectivity index (χ4v) is 8.10. The Morgan fingerprint density at radius 1 is 0.509 bits per heavy atom. The van der Waals surface area contributed by atoms with Gasteiger partial charge in [0, 0.05) is 57.7 Å². The molecule has 0 fully saturated rings. The molecule has 0 spiro atoms. The summed E-state index contributed by atoms with van der Waals surface area (Å²) in [5, 5.41) is 4.96. The molecule has 1 aliphatic carbocycles. The molecule has 1 aliphatic rings. The van der Waals surface area contributed by atoms with Crippen LogP contribution in [0, 0.1) is 5.92 Å². The molecule has 6 aromatic heterocycles. The molecule has 9 aromatic rings. The smallest absolute Gasteiger partial charge is 0.0886 e. The first-order chi connectivity index (χ1) is 26.2. The van der Waals surface area contributed by atoms with Crippen LogP contribution in [0.3, 0.4) is 0 Å². The highest BCUT2D eigenvalue weighted by Crippen LogP contribution is 2.37. The van der Waals surface area contributed by atoms with Crippen LogP contribution in [0.1, 0.15) is 30.0 Å². The van der Waals surface area contributed by atoms with Crippen molar-refractivity contribution >= 4 is 49.3 Å². The van der Waals surface area contributed by atoms with Gasteiger partial charge < -0.3 is 9.13 Å². The molecule has 3 aromatic carbocycles. The van der Waals surface area contributed by atoms with Crippen LogP contribution in [0.25, 0.3) is 66.4 Å². The van der Waals surface area contributed by atoms with Crippen LogP contribution in [0.4, 0.5) is 0 Å². The molecule has 6 nitrogen and oxygen atoms in total. The first kappa shape index (κ1) is 31.1. The van der Waals surface area contributed by atoms with Crippen molar-refractivity contribution in [3.8, 4) is 17.1 Å². The van der Waals surface area contributed by atoms with Gasteiger partial charge in [-0.1, -0.05) is 79.2 Å². The third kappa shape index (κ3) is 5.51. The van der Waals surface area contributed by atoms with Crippen molar-refractivity contribution in [1.29, 1.82) is 0 Å². The third-order valence-corrected chi connectivity index (χ3v) is 10.8. The highest BCUT2D eigenvalue weighted by molar-refractivity contribution is 6.10. The highest BCUT2D eigenvalue weighted by Gasteiger charge is 2.20. The van der Waals surface area contributed by atoms with Crippen LogP contribution in [0.15, 0.2) is 164 Å². The van der Waals surface area contributed by atoms with E-state index < -0.39 is 0 Å². The Morgan fingerprint density at radius 3 is 1.66 bits per heavy atom. The molecule has 0 aliphatic heterocycles. The van der Waals surface area contributed by atoms with Crippen LogP contribution in [-0.4, -0.2) is 29.1 Å². The normalized spacial score (nSPS) is 14.6. The van der Waals surface area contributed by atoms with Gasteiger partial charge in [0.1, 0.15) is 0 Å². The summed E-state index contributed by atoms with van der Waals surface area (Å²) in [7, 11) is 0. The summed E-state index contributed by atoms with van der Waals surface area (Å²) in [5.41, 5.74) is 13.9. The number of nitrogens with zero attached hydrogens (tertiary/aromatic N) is 6. The van der Waals surface area contributed by atoms with Crippen molar-refractivity contribution in [2.24, 2.45) is 5.92 Å². The first-order valence-corrected chi connectivity index (χ1v) is 18.2. The van der Waals surface area contributed by atoms with Gasteiger partial charge in [-0.3, -0.25) is 19.9 Å². The molecule has 0 N–H and O–H groups in total. The average molecular weight is 685 g/mol. The molecule has 1 atom stereocenters. The number of rotatable bonds is 7. The molecule has 6 heteroatoms. The number of aromatic nitrogens is 6. The van der Waals surface area contributed by atoms with Gasteiger partial charge in [0.2, 0.25) is 0 Å².